The second-order valence-corrected chi connectivity index (χ2v) is 10.8. The lowest BCUT2D eigenvalue weighted by Gasteiger charge is -2.32. The average molecular weight is 442 g/mol. The zero-order valence-electron chi connectivity index (χ0n) is 17.8. The average Bonchev–Trinajstić information content (AvgIpc) is 2.93. The van der Waals surface area contributed by atoms with Crippen molar-refractivity contribution < 1.29 is 22.5 Å². The summed E-state index contributed by atoms with van der Waals surface area (Å²) >= 11 is 0. The Morgan fingerprint density at radius 2 is 1.06 bits per heavy atom. The maximum absolute atomic E-state index is 14.4. The SMILES string of the molecule is CC1(C)OB(c2cc(F)ccc2P(c2ccc(F)cc2)c2ccc(F)cc2)OC1(C)C. The van der Waals surface area contributed by atoms with Gasteiger partial charge in [0.1, 0.15) is 17.5 Å². The minimum Gasteiger partial charge on any atom is -0.399 e. The molecule has 4 rings (SSSR count). The highest BCUT2D eigenvalue weighted by atomic mass is 31.1. The summed E-state index contributed by atoms with van der Waals surface area (Å²) in [5.41, 5.74) is -0.593. The number of benzene rings is 3. The van der Waals surface area contributed by atoms with E-state index < -0.39 is 32.1 Å². The van der Waals surface area contributed by atoms with E-state index in [9.17, 15) is 13.2 Å². The number of hydrogen-bond donors (Lipinski definition) is 0. The molecule has 0 bridgehead atoms. The summed E-state index contributed by atoms with van der Waals surface area (Å²) in [6.07, 6.45) is 0. The molecule has 1 aliphatic heterocycles. The summed E-state index contributed by atoms with van der Waals surface area (Å²) in [4.78, 5) is 0. The maximum Gasteiger partial charge on any atom is 0.495 e. The van der Waals surface area contributed by atoms with Crippen molar-refractivity contribution in [1.29, 1.82) is 0 Å². The normalized spacial score (nSPS) is 17.4. The molecule has 0 aromatic heterocycles. The van der Waals surface area contributed by atoms with Gasteiger partial charge in [0.15, 0.2) is 0 Å². The van der Waals surface area contributed by atoms with Gasteiger partial charge in [0.2, 0.25) is 0 Å². The van der Waals surface area contributed by atoms with Crippen molar-refractivity contribution in [3.05, 3.63) is 84.2 Å². The number of rotatable bonds is 4. The fourth-order valence-corrected chi connectivity index (χ4v) is 5.90. The largest absolute Gasteiger partial charge is 0.495 e. The van der Waals surface area contributed by atoms with Crippen LogP contribution in [0.15, 0.2) is 66.7 Å². The Hall–Kier alpha value is -2.14. The van der Waals surface area contributed by atoms with Crippen molar-refractivity contribution in [3.8, 4) is 0 Å². The van der Waals surface area contributed by atoms with Crippen LogP contribution < -0.4 is 21.4 Å². The van der Waals surface area contributed by atoms with E-state index in [2.05, 4.69) is 0 Å². The topological polar surface area (TPSA) is 18.5 Å². The molecule has 1 aliphatic rings. The molecular formula is C24H23BF3O2P. The molecule has 0 atom stereocenters. The van der Waals surface area contributed by atoms with Crippen molar-refractivity contribution in [3.63, 3.8) is 0 Å². The van der Waals surface area contributed by atoms with E-state index in [0.29, 0.717) is 5.46 Å². The first-order valence-corrected chi connectivity index (χ1v) is 11.4. The zero-order chi connectivity index (χ0) is 22.4. The highest BCUT2D eigenvalue weighted by Crippen LogP contribution is 2.38. The van der Waals surface area contributed by atoms with Gasteiger partial charge in [0.25, 0.3) is 0 Å². The molecule has 0 spiro atoms. The molecule has 0 unspecified atom stereocenters. The van der Waals surface area contributed by atoms with Crippen LogP contribution in [0.25, 0.3) is 0 Å². The quantitative estimate of drug-likeness (QED) is 0.447. The highest BCUT2D eigenvalue weighted by Gasteiger charge is 2.52. The highest BCUT2D eigenvalue weighted by molar-refractivity contribution is 7.80. The smallest absolute Gasteiger partial charge is 0.399 e. The van der Waals surface area contributed by atoms with E-state index in [1.165, 1.54) is 36.4 Å². The van der Waals surface area contributed by atoms with Gasteiger partial charge in [-0.1, -0.05) is 30.3 Å². The van der Waals surface area contributed by atoms with Crippen molar-refractivity contribution in [2.45, 2.75) is 38.9 Å². The Labute approximate surface area is 182 Å². The molecule has 0 saturated carbocycles. The molecule has 0 amide bonds. The Balaban J connectivity index is 1.88. The van der Waals surface area contributed by atoms with E-state index in [0.717, 1.165) is 15.9 Å². The van der Waals surface area contributed by atoms with E-state index in [-0.39, 0.29) is 11.6 Å². The predicted octanol–water partition coefficient (Wildman–Crippen LogP) is 4.16. The lowest BCUT2D eigenvalue weighted by molar-refractivity contribution is 0.00578. The second kappa shape index (κ2) is 8.09. The zero-order valence-corrected chi connectivity index (χ0v) is 18.7. The van der Waals surface area contributed by atoms with Crippen LogP contribution >= 0.6 is 7.92 Å². The molecule has 0 radical (unpaired) electrons. The molecule has 2 nitrogen and oxygen atoms in total. The lowest BCUT2D eigenvalue weighted by atomic mass is 9.79. The fourth-order valence-electron chi connectivity index (χ4n) is 3.50. The third kappa shape index (κ3) is 4.30. The van der Waals surface area contributed by atoms with Crippen LogP contribution in [0.3, 0.4) is 0 Å². The first kappa shape index (κ1) is 22.1. The van der Waals surface area contributed by atoms with Gasteiger partial charge in [-0.15, -0.1) is 0 Å². The summed E-state index contributed by atoms with van der Waals surface area (Å²) in [6.45, 7) is 7.76. The first-order chi connectivity index (χ1) is 14.6. The van der Waals surface area contributed by atoms with Crippen molar-refractivity contribution in [2.75, 3.05) is 0 Å². The summed E-state index contributed by atoms with van der Waals surface area (Å²) in [7, 11) is -2.00. The molecule has 7 heteroatoms. The fraction of sp³-hybridized carbons (Fsp3) is 0.250. The Kier molecular flexibility index (Phi) is 5.76. The molecule has 1 heterocycles. The Bertz CT molecular complexity index is 1020. The van der Waals surface area contributed by atoms with Crippen LogP contribution in [-0.2, 0) is 9.31 Å². The standard InChI is InChI=1S/C24H23BF3O2P/c1-23(2)24(3,4)30-25(29-23)21-15-18(28)9-14-22(21)31(19-10-5-16(26)6-11-19)20-12-7-17(27)8-13-20/h5-15H,1-4H3. The van der Waals surface area contributed by atoms with Gasteiger partial charge in [0, 0.05) is 0 Å². The Morgan fingerprint density at radius 1 is 0.645 bits per heavy atom. The van der Waals surface area contributed by atoms with Gasteiger partial charge < -0.3 is 9.31 Å². The third-order valence-corrected chi connectivity index (χ3v) is 8.43. The second-order valence-electron chi connectivity index (χ2n) is 8.58. The molecule has 3 aromatic carbocycles. The minimum atomic E-state index is -1.24. The molecule has 31 heavy (non-hydrogen) atoms. The van der Waals surface area contributed by atoms with Gasteiger partial charge in [-0.25, -0.2) is 13.2 Å². The summed E-state index contributed by atoms with van der Waals surface area (Å²) in [5, 5.41) is 2.52. The molecular weight excluding hydrogens is 419 g/mol. The van der Waals surface area contributed by atoms with E-state index in [1.807, 2.05) is 27.7 Å². The Morgan fingerprint density at radius 3 is 1.52 bits per heavy atom. The molecule has 1 fully saturated rings. The third-order valence-electron chi connectivity index (χ3n) is 5.91. The molecule has 1 saturated heterocycles. The van der Waals surface area contributed by atoms with Gasteiger partial charge >= 0.3 is 7.12 Å². The maximum atomic E-state index is 14.4. The van der Waals surface area contributed by atoms with Crippen molar-refractivity contribution >= 4 is 36.4 Å². The van der Waals surface area contributed by atoms with Crippen LogP contribution in [-0.4, -0.2) is 18.3 Å². The monoisotopic (exact) mass is 442 g/mol. The van der Waals surface area contributed by atoms with Gasteiger partial charge in [-0.3, -0.25) is 0 Å². The van der Waals surface area contributed by atoms with Gasteiger partial charge in [-0.05, 0) is 93.4 Å². The van der Waals surface area contributed by atoms with Crippen LogP contribution in [0.4, 0.5) is 13.2 Å². The lowest BCUT2D eigenvalue weighted by Crippen LogP contribution is -2.45. The summed E-state index contributed by atoms with van der Waals surface area (Å²) < 4.78 is 54.0. The molecule has 160 valence electrons. The van der Waals surface area contributed by atoms with Crippen LogP contribution in [0.5, 0.6) is 0 Å². The minimum absolute atomic E-state index is 0.344. The van der Waals surface area contributed by atoms with Gasteiger partial charge in [0.05, 0.1) is 11.2 Å². The molecule has 0 N–H and O–H groups in total. The molecule has 0 aliphatic carbocycles. The summed E-state index contributed by atoms with van der Waals surface area (Å²) in [5.74, 6) is -1.09. The van der Waals surface area contributed by atoms with Gasteiger partial charge in [-0.2, -0.15) is 0 Å². The summed E-state index contributed by atoms with van der Waals surface area (Å²) in [6, 6.07) is 17.0. The number of halogens is 3. The first-order valence-electron chi connectivity index (χ1n) is 10.0. The molecule has 3 aromatic rings. The van der Waals surface area contributed by atoms with E-state index >= 15 is 0 Å². The van der Waals surface area contributed by atoms with E-state index in [1.54, 1.807) is 30.3 Å². The van der Waals surface area contributed by atoms with E-state index in [4.69, 9.17) is 9.31 Å². The van der Waals surface area contributed by atoms with Crippen LogP contribution in [0.1, 0.15) is 27.7 Å². The van der Waals surface area contributed by atoms with Crippen LogP contribution in [0, 0.1) is 17.5 Å². The van der Waals surface area contributed by atoms with Crippen molar-refractivity contribution in [2.24, 2.45) is 0 Å². The van der Waals surface area contributed by atoms with Crippen molar-refractivity contribution in [1.82, 2.24) is 0 Å². The van der Waals surface area contributed by atoms with Crippen LogP contribution in [0.2, 0.25) is 0 Å². The predicted molar refractivity (Wildman–Crippen MR) is 121 cm³/mol. The number of hydrogen-bond acceptors (Lipinski definition) is 2.